The van der Waals surface area contributed by atoms with Crippen molar-refractivity contribution >= 4 is 22.8 Å². The number of anilines is 1. The molecule has 0 amide bonds. The number of hydrogen-bond acceptors (Lipinski definition) is 5. The summed E-state index contributed by atoms with van der Waals surface area (Å²) >= 11 is 0. The molecule has 0 saturated carbocycles. The second kappa shape index (κ2) is 8.69. The minimum absolute atomic E-state index is 0.0685. The first-order valence-electron chi connectivity index (χ1n) is 10.5. The second-order valence-corrected chi connectivity index (χ2v) is 8.00. The van der Waals surface area contributed by atoms with Crippen LogP contribution in [0.1, 0.15) is 35.7 Å². The molecule has 6 nitrogen and oxygen atoms in total. The summed E-state index contributed by atoms with van der Waals surface area (Å²) in [5.41, 5.74) is 2.05. The van der Waals surface area contributed by atoms with Crippen molar-refractivity contribution in [2.24, 2.45) is 5.92 Å². The largest absolute Gasteiger partial charge is 0.465 e. The number of carbonyl (C=O) groups excluding carboxylic acids is 1. The van der Waals surface area contributed by atoms with Crippen LogP contribution >= 0.6 is 0 Å². The third kappa shape index (κ3) is 4.08. The summed E-state index contributed by atoms with van der Waals surface area (Å²) in [5.74, 6) is 0.940. The molecule has 1 fully saturated rings. The van der Waals surface area contributed by atoms with E-state index < -0.39 is 5.97 Å². The van der Waals surface area contributed by atoms with Crippen LogP contribution in [0.15, 0.2) is 53.3 Å². The molecule has 1 aromatic heterocycles. The summed E-state index contributed by atoms with van der Waals surface area (Å²) in [7, 11) is 1.35. The van der Waals surface area contributed by atoms with Gasteiger partial charge in [0.1, 0.15) is 0 Å². The van der Waals surface area contributed by atoms with Gasteiger partial charge < -0.3 is 9.64 Å². The lowest BCUT2D eigenvalue weighted by atomic mass is 9.99. The fraction of sp³-hybridized carbons (Fsp3) is 0.375. The highest BCUT2D eigenvalue weighted by atomic mass is 16.5. The quantitative estimate of drug-likeness (QED) is 0.606. The van der Waals surface area contributed by atoms with E-state index in [2.05, 4.69) is 24.0 Å². The lowest BCUT2D eigenvalue weighted by Crippen LogP contribution is -2.38. The number of benzene rings is 2. The van der Waals surface area contributed by atoms with Crippen LogP contribution in [0.3, 0.4) is 0 Å². The molecule has 0 N–H and O–H groups in total. The predicted molar refractivity (Wildman–Crippen MR) is 118 cm³/mol. The Labute approximate surface area is 176 Å². The van der Waals surface area contributed by atoms with Crippen molar-refractivity contribution in [2.75, 3.05) is 25.1 Å². The molecule has 156 valence electrons. The normalized spacial score (nSPS) is 14.8. The molecule has 0 aliphatic carbocycles. The molecule has 1 saturated heterocycles. The van der Waals surface area contributed by atoms with Crippen LogP contribution < -0.4 is 10.5 Å². The number of ether oxygens (including phenoxy) is 1. The number of aromatic nitrogens is 2. The lowest BCUT2D eigenvalue weighted by Gasteiger charge is -2.32. The van der Waals surface area contributed by atoms with Gasteiger partial charge in [0, 0.05) is 19.6 Å². The number of fused-ring (bicyclic) bond motifs is 1. The Hall–Kier alpha value is -3.15. The van der Waals surface area contributed by atoms with Gasteiger partial charge in [-0.2, -0.15) is 0 Å². The van der Waals surface area contributed by atoms with Gasteiger partial charge in [-0.25, -0.2) is 9.78 Å². The Kier molecular flexibility index (Phi) is 5.84. The number of piperidine rings is 1. The Morgan fingerprint density at radius 2 is 1.87 bits per heavy atom. The molecule has 30 heavy (non-hydrogen) atoms. The third-order valence-corrected chi connectivity index (χ3v) is 5.89. The number of nitrogens with zero attached hydrogens (tertiary/aromatic N) is 3. The Morgan fingerprint density at radius 3 is 2.57 bits per heavy atom. The van der Waals surface area contributed by atoms with Gasteiger partial charge in [0.25, 0.3) is 5.56 Å². The van der Waals surface area contributed by atoms with Gasteiger partial charge >= 0.3 is 5.97 Å². The molecule has 0 atom stereocenters. The Morgan fingerprint density at radius 1 is 1.13 bits per heavy atom. The zero-order valence-corrected chi connectivity index (χ0v) is 17.5. The third-order valence-electron chi connectivity index (χ3n) is 5.89. The summed E-state index contributed by atoms with van der Waals surface area (Å²) in [4.78, 5) is 32.4. The molecule has 3 aromatic rings. The molecule has 1 aliphatic rings. The maximum absolute atomic E-state index is 13.4. The maximum atomic E-state index is 13.4. The molecule has 0 spiro atoms. The van der Waals surface area contributed by atoms with E-state index in [9.17, 15) is 9.59 Å². The predicted octanol–water partition coefficient (Wildman–Crippen LogP) is 3.66. The summed E-state index contributed by atoms with van der Waals surface area (Å²) in [6.07, 6.45) is 2.91. The van der Waals surface area contributed by atoms with E-state index >= 15 is 0 Å². The standard InChI is InChI=1S/C24H27N3O3/c1-17-10-13-26(14-11-17)24-25-21-16-19(23(29)30-2)8-9-20(21)22(28)27(24)15-12-18-6-4-3-5-7-18/h3-9,16-17H,10-15H2,1-2H3. The van der Waals surface area contributed by atoms with Gasteiger partial charge in [-0.15, -0.1) is 0 Å². The van der Waals surface area contributed by atoms with E-state index in [1.54, 1.807) is 22.8 Å². The highest BCUT2D eigenvalue weighted by Crippen LogP contribution is 2.23. The maximum Gasteiger partial charge on any atom is 0.337 e. The molecule has 1 aliphatic heterocycles. The highest BCUT2D eigenvalue weighted by Gasteiger charge is 2.22. The van der Waals surface area contributed by atoms with Crippen molar-refractivity contribution in [3.63, 3.8) is 0 Å². The summed E-state index contributed by atoms with van der Waals surface area (Å²) in [6.45, 7) is 4.57. The lowest BCUT2D eigenvalue weighted by molar-refractivity contribution is 0.0601. The highest BCUT2D eigenvalue weighted by molar-refractivity contribution is 5.94. The number of hydrogen-bond donors (Lipinski definition) is 0. The zero-order chi connectivity index (χ0) is 21.1. The van der Waals surface area contributed by atoms with Crippen LogP contribution in [0.4, 0.5) is 5.95 Å². The fourth-order valence-corrected chi connectivity index (χ4v) is 3.99. The second-order valence-electron chi connectivity index (χ2n) is 8.00. The topological polar surface area (TPSA) is 64.4 Å². The van der Waals surface area contributed by atoms with Crippen molar-refractivity contribution < 1.29 is 9.53 Å². The average molecular weight is 405 g/mol. The van der Waals surface area contributed by atoms with E-state index in [0.717, 1.165) is 32.4 Å². The first kappa shape index (κ1) is 20.1. The van der Waals surface area contributed by atoms with Crippen molar-refractivity contribution in [1.82, 2.24) is 9.55 Å². The fourth-order valence-electron chi connectivity index (χ4n) is 3.99. The number of esters is 1. The molecule has 4 rings (SSSR count). The molecule has 0 bridgehead atoms. The van der Waals surface area contributed by atoms with Gasteiger partial charge in [0.15, 0.2) is 0 Å². The molecule has 2 heterocycles. The van der Waals surface area contributed by atoms with Crippen LogP contribution in [0.5, 0.6) is 0 Å². The van der Waals surface area contributed by atoms with Crippen molar-refractivity contribution in [3.8, 4) is 0 Å². The summed E-state index contributed by atoms with van der Waals surface area (Å²) in [5, 5.41) is 0.518. The first-order chi connectivity index (χ1) is 14.6. The van der Waals surface area contributed by atoms with Crippen LogP contribution in [0.25, 0.3) is 10.9 Å². The van der Waals surface area contributed by atoms with E-state index in [4.69, 9.17) is 9.72 Å². The molecule has 0 radical (unpaired) electrons. The van der Waals surface area contributed by atoms with Crippen molar-refractivity contribution in [3.05, 3.63) is 70.0 Å². The van der Waals surface area contributed by atoms with Crippen LogP contribution in [0, 0.1) is 5.92 Å². The number of rotatable bonds is 5. The molecule has 0 unspecified atom stereocenters. The van der Waals surface area contributed by atoms with Crippen LogP contribution in [-0.2, 0) is 17.7 Å². The van der Waals surface area contributed by atoms with Crippen LogP contribution in [0.2, 0.25) is 0 Å². The molecular formula is C24H27N3O3. The smallest absolute Gasteiger partial charge is 0.337 e. The Bertz CT molecular complexity index is 1100. The number of methoxy groups -OCH3 is 1. The van der Waals surface area contributed by atoms with Gasteiger partial charge in [-0.05, 0) is 48.9 Å². The van der Waals surface area contributed by atoms with Gasteiger partial charge in [0.05, 0.1) is 23.6 Å². The summed E-state index contributed by atoms with van der Waals surface area (Å²) < 4.78 is 6.62. The zero-order valence-electron chi connectivity index (χ0n) is 17.5. The molecule has 6 heteroatoms. The van der Waals surface area contributed by atoms with Crippen molar-refractivity contribution in [2.45, 2.75) is 32.7 Å². The minimum Gasteiger partial charge on any atom is -0.465 e. The number of carbonyl (C=O) groups is 1. The minimum atomic E-state index is -0.430. The van der Waals surface area contributed by atoms with Gasteiger partial charge in [-0.3, -0.25) is 9.36 Å². The van der Waals surface area contributed by atoms with Crippen molar-refractivity contribution in [1.29, 1.82) is 0 Å². The van der Waals surface area contributed by atoms with E-state index in [0.29, 0.717) is 34.9 Å². The van der Waals surface area contributed by atoms with E-state index in [1.165, 1.54) is 12.7 Å². The van der Waals surface area contributed by atoms with E-state index in [1.807, 2.05) is 18.2 Å². The average Bonchev–Trinajstić information content (AvgIpc) is 2.78. The van der Waals surface area contributed by atoms with Gasteiger partial charge in [0.2, 0.25) is 5.95 Å². The Balaban J connectivity index is 1.78. The van der Waals surface area contributed by atoms with Gasteiger partial charge in [-0.1, -0.05) is 37.3 Å². The SMILES string of the molecule is COC(=O)c1ccc2c(=O)n(CCc3ccccc3)c(N3CCC(C)CC3)nc2c1. The van der Waals surface area contributed by atoms with Crippen LogP contribution in [-0.4, -0.2) is 35.7 Å². The molecular weight excluding hydrogens is 378 g/mol. The number of aryl methyl sites for hydroxylation is 1. The first-order valence-corrected chi connectivity index (χ1v) is 10.5. The summed E-state index contributed by atoms with van der Waals surface area (Å²) in [6, 6.07) is 15.1. The monoisotopic (exact) mass is 405 g/mol. The molecule has 2 aromatic carbocycles. The van der Waals surface area contributed by atoms with E-state index in [-0.39, 0.29) is 5.56 Å².